The number of nitrogens with two attached hydrogens (primary N) is 2. The molecule has 2 rings (SSSR count). The second-order valence-corrected chi connectivity index (χ2v) is 5.18. The quantitative estimate of drug-likeness (QED) is 0.794. The summed E-state index contributed by atoms with van der Waals surface area (Å²) in [4.78, 5) is 12.2. The van der Waals surface area contributed by atoms with Crippen molar-refractivity contribution in [2.75, 3.05) is 11.9 Å². The summed E-state index contributed by atoms with van der Waals surface area (Å²) in [5.41, 5.74) is 14.3. The minimum Gasteiger partial charge on any atom is -0.330 e. The van der Waals surface area contributed by atoms with E-state index < -0.39 is 0 Å². The summed E-state index contributed by atoms with van der Waals surface area (Å²) >= 11 is 5.98. The molecule has 1 amide bonds. The summed E-state index contributed by atoms with van der Waals surface area (Å²) in [6.45, 7) is 0.949. The van der Waals surface area contributed by atoms with Crippen molar-refractivity contribution in [3.8, 4) is 0 Å². The summed E-state index contributed by atoms with van der Waals surface area (Å²) < 4.78 is 0. The van der Waals surface area contributed by atoms with Gasteiger partial charge in [-0.15, -0.1) is 0 Å². The van der Waals surface area contributed by atoms with Crippen LogP contribution in [-0.2, 0) is 13.0 Å². The van der Waals surface area contributed by atoms with Gasteiger partial charge in [-0.3, -0.25) is 4.79 Å². The Labute approximate surface area is 129 Å². The standard InChI is InChI=1S/C16H18ClN3O/c17-14-8-12(10-19)7-13(9-14)16(21)20-15-3-1-11(2-4-15)5-6-18/h1-4,7-9H,5-6,10,18-19H2,(H,20,21). The lowest BCUT2D eigenvalue weighted by Crippen LogP contribution is -2.13. The van der Waals surface area contributed by atoms with Crippen LogP contribution in [0.1, 0.15) is 21.5 Å². The highest BCUT2D eigenvalue weighted by atomic mass is 35.5. The molecule has 0 aliphatic carbocycles. The van der Waals surface area contributed by atoms with E-state index in [1.54, 1.807) is 18.2 Å². The highest BCUT2D eigenvalue weighted by Gasteiger charge is 2.08. The third-order valence-corrected chi connectivity index (χ3v) is 3.32. The van der Waals surface area contributed by atoms with Gasteiger partial charge in [0.05, 0.1) is 0 Å². The van der Waals surface area contributed by atoms with Gasteiger partial charge in [-0.2, -0.15) is 0 Å². The maximum absolute atomic E-state index is 12.2. The van der Waals surface area contributed by atoms with Gasteiger partial charge in [0, 0.05) is 22.8 Å². The molecule has 0 bridgehead atoms. The predicted molar refractivity (Wildman–Crippen MR) is 86.5 cm³/mol. The number of rotatable bonds is 5. The van der Waals surface area contributed by atoms with E-state index in [0.29, 0.717) is 23.7 Å². The van der Waals surface area contributed by atoms with E-state index >= 15 is 0 Å². The fraction of sp³-hybridized carbons (Fsp3) is 0.188. The molecule has 0 unspecified atom stereocenters. The minimum atomic E-state index is -0.209. The SMILES string of the molecule is NCCc1ccc(NC(=O)c2cc(Cl)cc(CN)c2)cc1. The average molecular weight is 304 g/mol. The largest absolute Gasteiger partial charge is 0.330 e. The molecule has 0 saturated carbocycles. The average Bonchev–Trinajstić information content (AvgIpc) is 2.48. The Kier molecular flexibility index (Phi) is 5.33. The van der Waals surface area contributed by atoms with Crippen molar-refractivity contribution >= 4 is 23.2 Å². The van der Waals surface area contributed by atoms with Crippen LogP contribution in [0.15, 0.2) is 42.5 Å². The minimum absolute atomic E-state index is 0.209. The summed E-state index contributed by atoms with van der Waals surface area (Å²) in [6.07, 6.45) is 0.822. The lowest BCUT2D eigenvalue weighted by atomic mass is 10.1. The molecule has 0 atom stereocenters. The molecule has 0 aromatic heterocycles. The molecule has 5 heteroatoms. The van der Waals surface area contributed by atoms with Gasteiger partial charge in [-0.1, -0.05) is 23.7 Å². The van der Waals surface area contributed by atoms with Crippen LogP contribution in [0.3, 0.4) is 0 Å². The van der Waals surface area contributed by atoms with Crippen molar-refractivity contribution in [2.24, 2.45) is 11.5 Å². The second-order valence-electron chi connectivity index (χ2n) is 4.74. The number of carbonyl (C=O) groups is 1. The smallest absolute Gasteiger partial charge is 0.255 e. The van der Waals surface area contributed by atoms with Crippen LogP contribution in [0.5, 0.6) is 0 Å². The van der Waals surface area contributed by atoms with Crippen LogP contribution in [0.2, 0.25) is 5.02 Å². The van der Waals surface area contributed by atoms with Gasteiger partial charge >= 0.3 is 0 Å². The molecule has 5 N–H and O–H groups in total. The number of anilines is 1. The van der Waals surface area contributed by atoms with Crippen molar-refractivity contribution in [2.45, 2.75) is 13.0 Å². The maximum Gasteiger partial charge on any atom is 0.255 e. The van der Waals surface area contributed by atoms with Crippen molar-refractivity contribution in [3.05, 3.63) is 64.2 Å². The molecule has 0 aliphatic heterocycles. The van der Waals surface area contributed by atoms with Crippen LogP contribution in [0.25, 0.3) is 0 Å². The first-order valence-corrected chi connectivity index (χ1v) is 7.10. The van der Waals surface area contributed by atoms with E-state index in [0.717, 1.165) is 23.2 Å². The van der Waals surface area contributed by atoms with Gasteiger partial charge in [0.2, 0.25) is 0 Å². The Morgan fingerprint density at radius 2 is 1.76 bits per heavy atom. The summed E-state index contributed by atoms with van der Waals surface area (Å²) in [6, 6.07) is 12.7. The molecule has 0 radical (unpaired) electrons. The highest BCUT2D eigenvalue weighted by Crippen LogP contribution is 2.17. The first kappa shape index (κ1) is 15.5. The third kappa shape index (κ3) is 4.29. The van der Waals surface area contributed by atoms with Crippen LogP contribution >= 0.6 is 11.6 Å². The van der Waals surface area contributed by atoms with E-state index in [-0.39, 0.29) is 5.91 Å². The van der Waals surface area contributed by atoms with Gasteiger partial charge in [-0.25, -0.2) is 0 Å². The van der Waals surface area contributed by atoms with Crippen molar-refractivity contribution in [1.82, 2.24) is 0 Å². The molecule has 0 saturated heterocycles. The monoisotopic (exact) mass is 303 g/mol. The number of amides is 1. The molecular weight excluding hydrogens is 286 g/mol. The Hall–Kier alpha value is -1.88. The second kappa shape index (κ2) is 7.22. The lowest BCUT2D eigenvalue weighted by Gasteiger charge is -2.08. The summed E-state index contributed by atoms with van der Waals surface area (Å²) in [5.74, 6) is -0.209. The number of hydrogen-bond donors (Lipinski definition) is 3. The number of carbonyl (C=O) groups excluding carboxylic acids is 1. The molecule has 2 aromatic carbocycles. The van der Waals surface area contributed by atoms with E-state index in [9.17, 15) is 4.79 Å². The van der Waals surface area contributed by atoms with Crippen LogP contribution in [0, 0.1) is 0 Å². The normalized spacial score (nSPS) is 10.4. The molecule has 0 heterocycles. The lowest BCUT2D eigenvalue weighted by molar-refractivity contribution is 0.102. The fourth-order valence-electron chi connectivity index (χ4n) is 2.02. The Morgan fingerprint density at radius 3 is 2.38 bits per heavy atom. The Balaban J connectivity index is 2.12. The number of halogens is 1. The fourth-order valence-corrected chi connectivity index (χ4v) is 2.28. The van der Waals surface area contributed by atoms with Crippen LogP contribution < -0.4 is 16.8 Å². The third-order valence-electron chi connectivity index (χ3n) is 3.10. The zero-order valence-electron chi connectivity index (χ0n) is 11.6. The van der Waals surface area contributed by atoms with E-state index in [4.69, 9.17) is 23.1 Å². The zero-order chi connectivity index (χ0) is 15.2. The molecule has 21 heavy (non-hydrogen) atoms. The van der Waals surface area contributed by atoms with Crippen LogP contribution in [0.4, 0.5) is 5.69 Å². The van der Waals surface area contributed by atoms with Gasteiger partial charge < -0.3 is 16.8 Å². The van der Waals surface area contributed by atoms with E-state index in [2.05, 4.69) is 5.32 Å². The van der Waals surface area contributed by atoms with E-state index in [1.807, 2.05) is 24.3 Å². The highest BCUT2D eigenvalue weighted by molar-refractivity contribution is 6.31. The first-order chi connectivity index (χ1) is 10.1. The number of benzene rings is 2. The molecular formula is C16H18ClN3O. The molecule has 2 aromatic rings. The zero-order valence-corrected chi connectivity index (χ0v) is 12.4. The topological polar surface area (TPSA) is 81.1 Å². The van der Waals surface area contributed by atoms with Gasteiger partial charge in [0.15, 0.2) is 0 Å². The molecule has 0 aliphatic rings. The van der Waals surface area contributed by atoms with Crippen molar-refractivity contribution < 1.29 is 4.79 Å². The van der Waals surface area contributed by atoms with Gasteiger partial charge in [-0.05, 0) is 54.4 Å². The van der Waals surface area contributed by atoms with E-state index in [1.165, 1.54) is 0 Å². The number of hydrogen-bond acceptors (Lipinski definition) is 3. The van der Waals surface area contributed by atoms with Crippen molar-refractivity contribution in [3.63, 3.8) is 0 Å². The number of nitrogens with one attached hydrogen (secondary N) is 1. The Bertz CT molecular complexity index is 626. The molecule has 0 fully saturated rings. The van der Waals surface area contributed by atoms with Crippen LogP contribution in [-0.4, -0.2) is 12.5 Å². The molecule has 0 spiro atoms. The van der Waals surface area contributed by atoms with Gasteiger partial charge in [0.25, 0.3) is 5.91 Å². The predicted octanol–water partition coefficient (Wildman–Crippen LogP) is 2.55. The van der Waals surface area contributed by atoms with Crippen molar-refractivity contribution in [1.29, 1.82) is 0 Å². The van der Waals surface area contributed by atoms with Gasteiger partial charge in [0.1, 0.15) is 0 Å². The maximum atomic E-state index is 12.2. The summed E-state index contributed by atoms with van der Waals surface area (Å²) in [5, 5.41) is 3.34. The Morgan fingerprint density at radius 1 is 1.05 bits per heavy atom. The summed E-state index contributed by atoms with van der Waals surface area (Å²) in [7, 11) is 0. The first-order valence-electron chi connectivity index (χ1n) is 6.72. The molecule has 110 valence electrons. The molecule has 4 nitrogen and oxygen atoms in total.